The summed E-state index contributed by atoms with van der Waals surface area (Å²) in [5.74, 6) is 1.77. The zero-order chi connectivity index (χ0) is 20.3. The van der Waals surface area contributed by atoms with Crippen molar-refractivity contribution in [1.29, 1.82) is 0 Å². The Kier molecular flexibility index (Phi) is 8.20. The largest absolute Gasteiger partial charge is 0.484 e. The number of likely N-dealkylation sites (N-methyl/N-ethyl adjacent to an activating group) is 1. The molecule has 0 aromatic heterocycles. The average Bonchev–Trinajstić information content (AvgIpc) is 2.78. The molecule has 0 radical (unpaired) electrons. The average molecular weight is 406 g/mol. The van der Waals surface area contributed by atoms with Gasteiger partial charge in [-0.1, -0.05) is 60.7 Å². The Labute approximate surface area is 177 Å². The summed E-state index contributed by atoms with van der Waals surface area (Å²) in [6, 6.07) is 28.5. The van der Waals surface area contributed by atoms with Crippen LogP contribution in [0.1, 0.15) is 18.1 Å². The van der Waals surface area contributed by atoms with Crippen LogP contribution < -0.4 is 4.74 Å². The maximum absolute atomic E-state index is 12.5. The van der Waals surface area contributed by atoms with E-state index in [1.807, 2.05) is 72.1 Å². The van der Waals surface area contributed by atoms with Crippen molar-refractivity contribution >= 4 is 17.7 Å². The van der Waals surface area contributed by atoms with Crippen LogP contribution in [-0.4, -0.2) is 29.7 Å². The zero-order valence-corrected chi connectivity index (χ0v) is 17.6. The lowest BCUT2D eigenvalue weighted by Gasteiger charge is -2.21. The Hall–Kier alpha value is -2.72. The highest BCUT2D eigenvalue weighted by atomic mass is 32.2. The third-order valence-corrected chi connectivity index (χ3v) is 5.65. The number of ether oxygens (including phenoxy) is 1. The van der Waals surface area contributed by atoms with Gasteiger partial charge in [0, 0.05) is 23.7 Å². The number of carbonyl (C=O) groups is 1. The molecule has 0 spiro atoms. The highest BCUT2D eigenvalue weighted by Crippen LogP contribution is 2.19. The fourth-order valence-corrected chi connectivity index (χ4v) is 3.90. The molecule has 0 aliphatic rings. The lowest BCUT2D eigenvalue weighted by atomic mass is 10.2. The van der Waals surface area contributed by atoms with Gasteiger partial charge in [-0.25, -0.2) is 0 Å². The molecule has 0 atom stereocenters. The molecule has 3 aromatic carbocycles. The van der Waals surface area contributed by atoms with Crippen molar-refractivity contribution in [3.63, 3.8) is 0 Å². The molecule has 150 valence electrons. The SMILES string of the molecule is CCN(Cc1ccccc1)C(=O)COc1ccc(CCSc2ccccc2)cc1. The summed E-state index contributed by atoms with van der Waals surface area (Å²) in [4.78, 5) is 15.6. The van der Waals surface area contributed by atoms with Crippen LogP contribution in [-0.2, 0) is 17.8 Å². The van der Waals surface area contributed by atoms with Gasteiger partial charge < -0.3 is 9.64 Å². The van der Waals surface area contributed by atoms with Crippen LogP contribution >= 0.6 is 11.8 Å². The quantitative estimate of drug-likeness (QED) is 0.420. The van der Waals surface area contributed by atoms with Crippen LogP contribution in [0.3, 0.4) is 0 Å². The summed E-state index contributed by atoms with van der Waals surface area (Å²) in [5.41, 5.74) is 2.40. The predicted molar refractivity (Wildman–Crippen MR) is 120 cm³/mol. The number of amides is 1. The fourth-order valence-electron chi connectivity index (χ4n) is 2.97. The Bertz CT molecular complexity index is 866. The van der Waals surface area contributed by atoms with E-state index in [0.717, 1.165) is 23.5 Å². The smallest absolute Gasteiger partial charge is 0.260 e. The number of aryl methyl sites for hydroxylation is 1. The van der Waals surface area contributed by atoms with Gasteiger partial charge in [0.1, 0.15) is 5.75 Å². The molecule has 0 aliphatic carbocycles. The summed E-state index contributed by atoms with van der Waals surface area (Å²) >= 11 is 1.86. The third kappa shape index (κ3) is 6.99. The molecule has 0 unspecified atom stereocenters. The number of nitrogens with zero attached hydrogens (tertiary/aromatic N) is 1. The predicted octanol–water partition coefficient (Wildman–Crippen LogP) is 5.45. The molecule has 0 saturated heterocycles. The molecule has 0 bridgehead atoms. The third-order valence-electron chi connectivity index (χ3n) is 4.64. The molecule has 0 fully saturated rings. The van der Waals surface area contributed by atoms with E-state index in [-0.39, 0.29) is 12.5 Å². The Morgan fingerprint density at radius 1 is 0.862 bits per heavy atom. The van der Waals surface area contributed by atoms with Crippen molar-refractivity contribution in [1.82, 2.24) is 4.90 Å². The van der Waals surface area contributed by atoms with Gasteiger partial charge in [-0.15, -0.1) is 11.8 Å². The second kappa shape index (κ2) is 11.3. The van der Waals surface area contributed by atoms with E-state index in [0.29, 0.717) is 13.1 Å². The Morgan fingerprint density at radius 3 is 2.17 bits per heavy atom. The van der Waals surface area contributed by atoms with E-state index in [2.05, 4.69) is 36.4 Å². The van der Waals surface area contributed by atoms with Crippen LogP contribution in [0, 0.1) is 0 Å². The van der Waals surface area contributed by atoms with Gasteiger partial charge in [-0.3, -0.25) is 4.79 Å². The Balaban J connectivity index is 1.43. The molecule has 0 saturated carbocycles. The summed E-state index contributed by atoms with van der Waals surface area (Å²) < 4.78 is 5.72. The first-order valence-corrected chi connectivity index (χ1v) is 10.9. The molecular formula is C25H27NO2S. The monoisotopic (exact) mass is 405 g/mol. The first-order valence-electron chi connectivity index (χ1n) is 9.96. The first-order chi connectivity index (χ1) is 14.2. The molecule has 0 aliphatic heterocycles. The van der Waals surface area contributed by atoms with Gasteiger partial charge in [0.25, 0.3) is 5.91 Å². The molecular weight excluding hydrogens is 378 g/mol. The number of hydrogen-bond acceptors (Lipinski definition) is 3. The minimum Gasteiger partial charge on any atom is -0.484 e. The second-order valence-electron chi connectivity index (χ2n) is 6.74. The van der Waals surface area contributed by atoms with Gasteiger partial charge >= 0.3 is 0 Å². The van der Waals surface area contributed by atoms with E-state index >= 15 is 0 Å². The van der Waals surface area contributed by atoms with Crippen LogP contribution in [0.4, 0.5) is 0 Å². The zero-order valence-electron chi connectivity index (χ0n) is 16.8. The van der Waals surface area contributed by atoms with Crippen molar-refractivity contribution < 1.29 is 9.53 Å². The molecule has 3 aromatic rings. The van der Waals surface area contributed by atoms with E-state index in [1.165, 1.54) is 10.5 Å². The fraction of sp³-hybridized carbons (Fsp3) is 0.240. The molecule has 4 heteroatoms. The van der Waals surface area contributed by atoms with E-state index < -0.39 is 0 Å². The maximum Gasteiger partial charge on any atom is 0.260 e. The van der Waals surface area contributed by atoms with Gasteiger partial charge in [0.2, 0.25) is 0 Å². The summed E-state index contributed by atoms with van der Waals surface area (Å²) in [5, 5.41) is 0. The number of benzene rings is 3. The van der Waals surface area contributed by atoms with E-state index in [4.69, 9.17) is 4.74 Å². The molecule has 0 N–H and O–H groups in total. The van der Waals surface area contributed by atoms with Crippen LogP contribution in [0.2, 0.25) is 0 Å². The topological polar surface area (TPSA) is 29.5 Å². The summed E-state index contributed by atoms with van der Waals surface area (Å²) in [6.07, 6.45) is 0.999. The van der Waals surface area contributed by atoms with Crippen LogP contribution in [0.5, 0.6) is 5.75 Å². The highest BCUT2D eigenvalue weighted by Gasteiger charge is 2.13. The normalized spacial score (nSPS) is 10.5. The number of rotatable bonds is 10. The van der Waals surface area contributed by atoms with Crippen LogP contribution in [0.25, 0.3) is 0 Å². The highest BCUT2D eigenvalue weighted by molar-refractivity contribution is 7.99. The first kappa shape index (κ1) is 21.0. The number of hydrogen-bond donors (Lipinski definition) is 0. The number of thioether (sulfide) groups is 1. The number of carbonyl (C=O) groups excluding carboxylic acids is 1. The van der Waals surface area contributed by atoms with Crippen molar-refractivity contribution in [2.45, 2.75) is 24.8 Å². The summed E-state index contributed by atoms with van der Waals surface area (Å²) in [6.45, 7) is 3.32. The Morgan fingerprint density at radius 2 is 1.52 bits per heavy atom. The van der Waals surface area contributed by atoms with Gasteiger partial charge in [0.05, 0.1) is 0 Å². The van der Waals surface area contributed by atoms with Crippen molar-refractivity contribution in [3.05, 3.63) is 96.1 Å². The minimum atomic E-state index is -0.000286. The standard InChI is InChI=1S/C25H27NO2S/c1-2-26(19-22-9-5-3-6-10-22)25(27)20-28-23-15-13-21(14-16-23)17-18-29-24-11-7-4-8-12-24/h3-16H,2,17-20H2,1H3. The summed E-state index contributed by atoms with van der Waals surface area (Å²) in [7, 11) is 0. The van der Waals surface area contributed by atoms with E-state index in [1.54, 1.807) is 0 Å². The van der Waals surface area contributed by atoms with Gasteiger partial charge in [0.15, 0.2) is 6.61 Å². The minimum absolute atomic E-state index is 0.000286. The molecule has 0 heterocycles. The van der Waals surface area contributed by atoms with Gasteiger partial charge in [-0.2, -0.15) is 0 Å². The molecule has 29 heavy (non-hydrogen) atoms. The molecule has 3 nitrogen and oxygen atoms in total. The van der Waals surface area contributed by atoms with Crippen molar-refractivity contribution in [3.8, 4) is 5.75 Å². The van der Waals surface area contributed by atoms with Crippen LogP contribution in [0.15, 0.2) is 89.8 Å². The maximum atomic E-state index is 12.5. The molecule has 1 amide bonds. The second-order valence-corrected chi connectivity index (χ2v) is 7.91. The van der Waals surface area contributed by atoms with E-state index in [9.17, 15) is 4.79 Å². The van der Waals surface area contributed by atoms with Gasteiger partial charge in [-0.05, 0) is 48.7 Å². The lowest BCUT2D eigenvalue weighted by Crippen LogP contribution is -2.34. The molecule has 3 rings (SSSR count). The van der Waals surface area contributed by atoms with Crippen molar-refractivity contribution in [2.75, 3.05) is 18.9 Å². The lowest BCUT2D eigenvalue weighted by molar-refractivity contribution is -0.133. The van der Waals surface area contributed by atoms with Crippen molar-refractivity contribution in [2.24, 2.45) is 0 Å².